The van der Waals surface area contributed by atoms with E-state index < -0.39 is 0 Å². The summed E-state index contributed by atoms with van der Waals surface area (Å²) >= 11 is 6.90. The molecule has 2 aromatic carbocycles. The molecule has 1 amide bonds. The van der Waals surface area contributed by atoms with E-state index in [0.717, 1.165) is 39.1 Å². The molecule has 1 N–H and O–H groups in total. The van der Waals surface area contributed by atoms with E-state index in [1.165, 1.54) is 0 Å². The van der Waals surface area contributed by atoms with Crippen LogP contribution < -0.4 is 5.32 Å². The minimum atomic E-state index is 0.0772. The van der Waals surface area contributed by atoms with Crippen molar-refractivity contribution >= 4 is 54.2 Å². The Kier molecular flexibility index (Phi) is 5.40. The minimum Gasteiger partial charge on any atom is -0.326 e. The van der Waals surface area contributed by atoms with Crippen molar-refractivity contribution in [3.05, 3.63) is 40.9 Å². The van der Waals surface area contributed by atoms with Gasteiger partial charge in [-0.2, -0.15) is 0 Å². The van der Waals surface area contributed by atoms with Gasteiger partial charge in [0.05, 0.1) is 0 Å². The molecule has 2 rings (SSSR count). The largest absolute Gasteiger partial charge is 0.326 e. The SMILES string of the molecule is O=C(CCCCBr)Nc1ccc(Br)c2ccccc12. The van der Waals surface area contributed by atoms with E-state index in [1.54, 1.807) is 0 Å². The van der Waals surface area contributed by atoms with Crippen molar-refractivity contribution in [1.82, 2.24) is 0 Å². The number of alkyl halides is 1. The van der Waals surface area contributed by atoms with E-state index in [9.17, 15) is 4.79 Å². The summed E-state index contributed by atoms with van der Waals surface area (Å²) in [5.41, 5.74) is 0.877. The average Bonchev–Trinajstić information content (AvgIpc) is 2.43. The summed E-state index contributed by atoms with van der Waals surface area (Å²) in [5, 5.41) is 6.11. The number of hydrogen-bond donors (Lipinski definition) is 1. The Morgan fingerprint density at radius 1 is 1.05 bits per heavy atom. The van der Waals surface area contributed by atoms with Crippen LogP contribution in [0.15, 0.2) is 40.9 Å². The molecule has 0 unspecified atom stereocenters. The number of carbonyl (C=O) groups excluding carboxylic acids is 1. The number of amides is 1. The summed E-state index contributed by atoms with van der Waals surface area (Å²) < 4.78 is 1.04. The summed E-state index contributed by atoms with van der Waals surface area (Å²) in [4.78, 5) is 11.9. The highest BCUT2D eigenvalue weighted by Gasteiger charge is 2.07. The van der Waals surface area contributed by atoms with Gasteiger partial charge in [-0.1, -0.05) is 56.1 Å². The molecule has 19 heavy (non-hydrogen) atoms. The van der Waals surface area contributed by atoms with Crippen LogP contribution in [0.5, 0.6) is 0 Å². The Morgan fingerprint density at radius 3 is 2.53 bits per heavy atom. The molecule has 0 radical (unpaired) electrons. The van der Waals surface area contributed by atoms with Crippen LogP contribution in [0.3, 0.4) is 0 Å². The Bertz CT molecular complexity index is 583. The predicted molar refractivity (Wildman–Crippen MR) is 87.9 cm³/mol. The zero-order chi connectivity index (χ0) is 13.7. The molecule has 2 nitrogen and oxygen atoms in total. The highest BCUT2D eigenvalue weighted by molar-refractivity contribution is 9.10. The first-order valence-electron chi connectivity index (χ1n) is 6.25. The number of rotatable bonds is 5. The highest BCUT2D eigenvalue weighted by Crippen LogP contribution is 2.30. The average molecular weight is 385 g/mol. The summed E-state index contributed by atoms with van der Waals surface area (Å²) in [7, 11) is 0. The molecule has 0 bridgehead atoms. The molecular formula is C15H15Br2NO. The van der Waals surface area contributed by atoms with Crippen LogP contribution in [0.2, 0.25) is 0 Å². The van der Waals surface area contributed by atoms with E-state index >= 15 is 0 Å². The maximum absolute atomic E-state index is 11.9. The number of benzene rings is 2. The van der Waals surface area contributed by atoms with Gasteiger partial charge in [-0.3, -0.25) is 4.79 Å². The molecule has 0 aromatic heterocycles. The third-order valence-corrected chi connectivity index (χ3v) is 4.18. The molecule has 2 aromatic rings. The normalized spacial score (nSPS) is 10.6. The van der Waals surface area contributed by atoms with Gasteiger partial charge in [0, 0.05) is 27.3 Å². The monoisotopic (exact) mass is 383 g/mol. The third kappa shape index (κ3) is 3.80. The molecule has 0 atom stereocenters. The van der Waals surface area contributed by atoms with E-state index in [2.05, 4.69) is 37.2 Å². The van der Waals surface area contributed by atoms with Crippen molar-refractivity contribution in [3.63, 3.8) is 0 Å². The van der Waals surface area contributed by atoms with E-state index in [-0.39, 0.29) is 5.91 Å². The molecule has 4 heteroatoms. The van der Waals surface area contributed by atoms with Crippen LogP contribution in [0.1, 0.15) is 19.3 Å². The van der Waals surface area contributed by atoms with E-state index in [0.29, 0.717) is 6.42 Å². The maximum Gasteiger partial charge on any atom is 0.224 e. The smallest absolute Gasteiger partial charge is 0.224 e. The van der Waals surface area contributed by atoms with Crippen molar-refractivity contribution in [2.45, 2.75) is 19.3 Å². The number of nitrogens with one attached hydrogen (secondary N) is 1. The predicted octanol–water partition coefficient (Wildman–Crippen LogP) is 5.11. The molecule has 0 heterocycles. The molecule has 100 valence electrons. The second-order valence-electron chi connectivity index (χ2n) is 4.33. The fraction of sp³-hybridized carbons (Fsp3) is 0.267. The maximum atomic E-state index is 11.9. The van der Waals surface area contributed by atoms with Crippen LogP contribution in [0.4, 0.5) is 5.69 Å². The highest BCUT2D eigenvalue weighted by atomic mass is 79.9. The molecule has 0 saturated carbocycles. The van der Waals surface area contributed by atoms with Crippen LogP contribution in [0, 0.1) is 0 Å². The van der Waals surface area contributed by atoms with E-state index in [4.69, 9.17) is 0 Å². The molecular weight excluding hydrogens is 370 g/mol. The second kappa shape index (κ2) is 7.06. The molecule has 0 aliphatic heterocycles. The fourth-order valence-electron chi connectivity index (χ4n) is 1.96. The van der Waals surface area contributed by atoms with Crippen LogP contribution >= 0.6 is 31.9 Å². The molecule has 0 saturated heterocycles. The Balaban J connectivity index is 2.17. The first-order chi connectivity index (χ1) is 9.22. The van der Waals surface area contributed by atoms with Crippen molar-refractivity contribution in [3.8, 4) is 0 Å². The van der Waals surface area contributed by atoms with Crippen molar-refractivity contribution in [2.24, 2.45) is 0 Å². The number of fused-ring (bicyclic) bond motifs is 1. The van der Waals surface area contributed by atoms with Gasteiger partial charge in [0.25, 0.3) is 0 Å². The van der Waals surface area contributed by atoms with Crippen molar-refractivity contribution < 1.29 is 4.79 Å². The molecule has 0 aliphatic rings. The summed E-state index contributed by atoms with van der Waals surface area (Å²) in [6, 6.07) is 11.9. The number of anilines is 1. The molecule has 0 aliphatic carbocycles. The first kappa shape index (κ1) is 14.5. The fourth-order valence-corrected chi connectivity index (χ4v) is 2.84. The van der Waals surface area contributed by atoms with Crippen molar-refractivity contribution in [2.75, 3.05) is 10.6 Å². The van der Waals surface area contributed by atoms with Gasteiger partial charge in [0.2, 0.25) is 5.91 Å². The Hall–Kier alpha value is -0.870. The molecule has 0 spiro atoms. The third-order valence-electron chi connectivity index (χ3n) is 2.93. The zero-order valence-electron chi connectivity index (χ0n) is 10.5. The second-order valence-corrected chi connectivity index (χ2v) is 5.98. The summed E-state index contributed by atoms with van der Waals surface area (Å²) in [5.74, 6) is 0.0772. The standard InChI is InChI=1S/C15H15Br2NO/c16-10-4-3-7-15(19)18-14-9-8-13(17)11-5-1-2-6-12(11)14/h1-2,5-6,8-9H,3-4,7,10H2,(H,18,19). The number of halogens is 2. The Labute approximate surface area is 129 Å². The van der Waals surface area contributed by atoms with E-state index in [1.807, 2.05) is 36.4 Å². The Morgan fingerprint density at radius 2 is 1.79 bits per heavy atom. The zero-order valence-corrected chi connectivity index (χ0v) is 13.6. The van der Waals surface area contributed by atoms with Crippen LogP contribution in [-0.4, -0.2) is 11.2 Å². The number of carbonyl (C=O) groups is 1. The van der Waals surface area contributed by atoms with Gasteiger partial charge in [-0.15, -0.1) is 0 Å². The van der Waals surface area contributed by atoms with Crippen molar-refractivity contribution in [1.29, 1.82) is 0 Å². The lowest BCUT2D eigenvalue weighted by Crippen LogP contribution is -2.11. The van der Waals surface area contributed by atoms with Crippen LogP contribution in [0.25, 0.3) is 10.8 Å². The van der Waals surface area contributed by atoms with Crippen LogP contribution in [-0.2, 0) is 4.79 Å². The van der Waals surface area contributed by atoms with Gasteiger partial charge >= 0.3 is 0 Å². The first-order valence-corrected chi connectivity index (χ1v) is 8.17. The van der Waals surface area contributed by atoms with Gasteiger partial charge in [-0.25, -0.2) is 0 Å². The quantitative estimate of drug-likeness (QED) is 0.563. The van der Waals surface area contributed by atoms with Gasteiger partial charge in [0.1, 0.15) is 0 Å². The van der Waals surface area contributed by atoms with Gasteiger partial charge in [0.15, 0.2) is 0 Å². The lowest BCUT2D eigenvalue weighted by atomic mass is 10.1. The minimum absolute atomic E-state index is 0.0772. The lowest BCUT2D eigenvalue weighted by Gasteiger charge is -2.09. The lowest BCUT2D eigenvalue weighted by molar-refractivity contribution is -0.116. The summed E-state index contributed by atoms with van der Waals surface area (Å²) in [6.07, 6.45) is 2.50. The van der Waals surface area contributed by atoms with Gasteiger partial charge < -0.3 is 5.32 Å². The topological polar surface area (TPSA) is 29.1 Å². The summed E-state index contributed by atoms with van der Waals surface area (Å²) in [6.45, 7) is 0. The van der Waals surface area contributed by atoms with Gasteiger partial charge in [-0.05, 0) is 30.4 Å². The number of hydrogen-bond acceptors (Lipinski definition) is 1. The molecule has 0 fully saturated rings. The number of unbranched alkanes of at least 4 members (excludes halogenated alkanes) is 1.